The van der Waals surface area contributed by atoms with Gasteiger partial charge >= 0.3 is 6.09 Å². The first-order chi connectivity index (χ1) is 13.2. The first kappa shape index (κ1) is 18.7. The summed E-state index contributed by atoms with van der Waals surface area (Å²) in [6, 6.07) is 14.4. The van der Waals surface area contributed by atoms with Crippen molar-refractivity contribution in [3.63, 3.8) is 0 Å². The molecular formula is C20H23N3O4. The number of benzene rings is 2. The van der Waals surface area contributed by atoms with Crippen LogP contribution in [-0.4, -0.2) is 44.9 Å². The van der Waals surface area contributed by atoms with Crippen molar-refractivity contribution in [3.8, 4) is 0 Å². The average molecular weight is 369 g/mol. The van der Waals surface area contributed by atoms with E-state index in [1.807, 2.05) is 24.3 Å². The summed E-state index contributed by atoms with van der Waals surface area (Å²) < 4.78 is 10.2. The monoisotopic (exact) mass is 369 g/mol. The van der Waals surface area contributed by atoms with Gasteiger partial charge in [0.1, 0.15) is 0 Å². The zero-order valence-electron chi connectivity index (χ0n) is 15.2. The molecule has 0 spiro atoms. The van der Waals surface area contributed by atoms with Crippen LogP contribution in [0.2, 0.25) is 0 Å². The van der Waals surface area contributed by atoms with Crippen LogP contribution in [0.4, 0.5) is 21.9 Å². The number of nitrogens with zero attached hydrogens (tertiary/aromatic N) is 1. The van der Waals surface area contributed by atoms with E-state index in [9.17, 15) is 9.59 Å². The lowest BCUT2D eigenvalue weighted by Gasteiger charge is -2.28. The molecule has 2 N–H and O–H groups in total. The summed E-state index contributed by atoms with van der Waals surface area (Å²) in [7, 11) is 0. The molecule has 2 aromatic rings. The number of rotatable bonds is 5. The van der Waals surface area contributed by atoms with E-state index in [0.29, 0.717) is 16.9 Å². The van der Waals surface area contributed by atoms with Gasteiger partial charge in [-0.25, -0.2) is 4.79 Å². The summed E-state index contributed by atoms with van der Waals surface area (Å²) in [5, 5.41) is 5.46. The van der Waals surface area contributed by atoms with Crippen LogP contribution in [0.5, 0.6) is 0 Å². The Hall–Kier alpha value is -3.06. The highest BCUT2D eigenvalue weighted by molar-refractivity contribution is 6.05. The summed E-state index contributed by atoms with van der Waals surface area (Å²) >= 11 is 0. The van der Waals surface area contributed by atoms with Gasteiger partial charge in [-0.1, -0.05) is 6.07 Å². The lowest BCUT2D eigenvalue weighted by molar-refractivity contribution is 0.102. The number of carbonyl (C=O) groups is 2. The predicted octanol–water partition coefficient (Wildman–Crippen LogP) is 3.34. The molecule has 2 amide bonds. The predicted molar refractivity (Wildman–Crippen MR) is 105 cm³/mol. The van der Waals surface area contributed by atoms with E-state index in [2.05, 4.69) is 15.5 Å². The van der Waals surface area contributed by atoms with Gasteiger partial charge < -0.3 is 19.7 Å². The SMILES string of the molecule is CCOC(=O)Nc1cccc(C(=O)Nc2ccc(N3CCOCC3)cc2)c1. The van der Waals surface area contributed by atoms with Gasteiger partial charge in [0, 0.05) is 35.7 Å². The van der Waals surface area contributed by atoms with E-state index in [0.717, 1.165) is 32.0 Å². The third kappa shape index (κ3) is 5.21. The van der Waals surface area contributed by atoms with Crippen LogP contribution in [0.15, 0.2) is 48.5 Å². The van der Waals surface area contributed by atoms with Gasteiger partial charge in [0.25, 0.3) is 5.91 Å². The Bertz CT molecular complexity index is 786. The maximum absolute atomic E-state index is 12.5. The van der Waals surface area contributed by atoms with Crippen molar-refractivity contribution < 1.29 is 19.1 Å². The minimum atomic E-state index is -0.547. The molecule has 1 saturated heterocycles. The zero-order valence-corrected chi connectivity index (χ0v) is 15.2. The van der Waals surface area contributed by atoms with Gasteiger partial charge in [0.15, 0.2) is 0 Å². The molecule has 27 heavy (non-hydrogen) atoms. The van der Waals surface area contributed by atoms with Crippen LogP contribution < -0.4 is 15.5 Å². The third-order valence-electron chi connectivity index (χ3n) is 4.15. The third-order valence-corrected chi connectivity index (χ3v) is 4.15. The van der Waals surface area contributed by atoms with Gasteiger partial charge in [-0.3, -0.25) is 10.1 Å². The lowest BCUT2D eigenvalue weighted by atomic mass is 10.1. The second-order valence-electron chi connectivity index (χ2n) is 6.03. The highest BCUT2D eigenvalue weighted by Crippen LogP contribution is 2.20. The molecule has 0 aromatic heterocycles. The van der Waals surface area contributed by atoms with E-state index < -0.39 is 6.09 Å². The van der Waals surface area contributed by atoms with Crippen molar-refractivity contribution >= 4 is 29.1 Å². The Kier molecular flexibility index (Phi) is 6.27. The van der Waals surface area contributed by atoms with Gasteiger partial charge in [-0.2, -0.15) is 0 Å². The van der Waals surface area contributed by atoms with E-state index in [1.54, 1.807) is 31.2 Å². The standard InChI is InChI=1S/C20H23N3O4/c1-2-27-20(25)22-17-5-3-4-15(14-17)19(24)21-16-6-8-18(9-7-16)23-10-12-26-13-11-23/h3-9,14H,2,10-13H2,1H3,(H,21,24)(H,22,25). The molecule has 1 heterocycles. The summed E-state index contributed by atoms with van der Waals surface area (Å²) in [6.07, 6.45) is -0.547. The summed E-state index contributed by atoms with van der Waals surface area (Å²) in [4.78, 5) is 26.2. The minimum absolute atomic E-state index is 0.248. The fraction of sp³-hybridized carbons (Fsp3) is 0.300. The van der Waals surface area contributed by atoms with Crippen molar-refractivity contribution in [2.45, 2.75) is 6.92 Å². The molecule has 2 aromatic carbocycles. The van der Waals surface area contributed by atoms with Crippen LogP contribution in [0.25, 0.3) is 0 Å². The highest BCUT2D eigenvalue weighted by atomic mass is 16.5. The number of nitrogens with one attached hydrogen (secondary N) is 2. The van der Waals surface area contributed by atoms with Crippen LogP contribution in [0, 0.1) is 0 Å². The molecule has 0 bridgehead atoms. The van der Waals surface area contributed by atoms with Crippen LogP contribution in [0.3, 0.4) is 0 Å². The van der Waals surface area contributed by atoms with Gasteiger partial charge in [0.2, 0.25) is 0 Å². The topological polar surface area (TPSA) is 79.9 Å². The number of carbonyl (C=O) groups excluding carboxylic acids is 2. The normalized spacial score (nSPS) is 13.7. The molecule has 0 atom stereocenters. The second-order valence-corrected chi connectivity index (χ2v) is 6.03. The molecule has 1 aliphatic heterocycles. The van der Waals surface area contributed by atoms with Gasteiger partial charge in [-0.15, -0.1) is 0 Å². The smallest absolute Gasteiger partial charge is 0.411 e. The van der Waals surface area contributed by atoms with Gasteiger partial charge in [0.05, 0.1) is 19.8 Å². The van der Waals surface area contributed by atoms with Crippen molar-refractivity contribution in [3.05, 3.63) is 54.1 Å². The molecule has 0 aliphatic carbocycles. The molecule has 0 saturated carbocycles. The Morgan fingerprint density at radius 2 is 1.78 bits per heavy atom. The number of amides is 2. The number of hydrogen-bond donors (Lipinski definition) is 2. The van der Waals surface area contributed by atoms with Crippen molar-refractivity contribution in [1.82, 2.24) is 0 Å². The fourth-order valence-electron chi connectivity index (χ4n) is 2.80. The van der Waals surface area contributed by atoms with Crippen molar-refractivity contribution in [2.75, 3.05) is 48.4 Å². The maximum Gasteiger partial charge on any atom is 0.411 e. The minimum Gasteiger partial charge on any atom is -0.450 e. The van der Waals surface area contributed by atoms with Gasteiger partial charge in [-0.05, 0) is 49.4 Å². The largest absolute Gasteiger partial charge is 0.450 e. The van der Waals surface area contributed by atoms with Crippen molar-refractivity contribution in [1.29, 1.82) is 0 Å². The van der Waals surface area contributed by atoms with Crippen LogP contribution in [0.1, 0.15) is 17.3 Å². The molecule has 7 heteroatoms. The van der Waals surface area contributed by atoms with Crippen LogP contribution in [-0.2, 0) is 9.47 Å². The first-order valence-corrected chi connectivity index (χ1v) is 8.93. The molecule has 142 valence electrons. The second kappa shape index (κ2) is 9.05. The number of anilines is 3. The highest BCUT2D eigenvalue weighted by Gasteiger charge is 2.12. The molecular weight excluding hydrogens is 346 g/mol. The molecule has 1 fully saturated rings. The summed E-state index contributed by atoms with van der Waals surface area (Å²) in [6.45, 7) is 5.21. The Morgan fingerprint density at radius 1 is 1.04 bits per heavy atom. The Balaban J connectivity index is 1.62. The number of ether oxygens (including phenoxy) is 2. The Morgan fingerprint density at radius 3 is 2.48 bits per heavy atom. The summed E-state index contributed by atoms with van der Waals surface area (Å²) in [5.41, 5.74) is 2.77. The number of morpholine rings is 1. The maximum atomic E-state index is 12.5. The lowest BCUT2D eigenvalue weighted by Crippen LogP contribution is -2.36. The Labute approximate surface area is 158 Å². The number of hydrogen-bond acceptors (Lipinski definition) is 5. The fourth-order valence-corrected chi connectivity index (χ4v) is 2.80. The van der Waals surface area contributed by atoms with Crippen molar-refractivity contribution in [2.24, 2.45) is 0 Å². The van der Waals surface area contributed by atoms with Crippen LogP contribution >= 0.6 is 0 Å². The summed E-state index contributed by atoms with van der Waals surface area (Å²) in [5.74, 6) is -0.248. The average Bonchev–Trinajstić information content (AvgIpc) is 2.69. The molecule has 0 unspecified atom stereocenters. The molecule has 3 rings (SSSR count). The molecule has 7 nitrogen and oxygen atoms in total. The quantitative estimate of drug-likeness (QED) is 0.845. The molecule has 0 radical (unpaired) electrons. The van der Waals surface area contributed by atoms with E-state index in [-0.39, 0.29) is 12.5 Å². The van der Waals surface area contributed by atoms with E-state index >= 15 is 0 Å². The molecule has 1 aliphatic rings. The van der Waals surface area contributed by atoms with E-state index in [4.69, 9.17) is 9.47 Å². The first-order valence-electron chi connectivity index (χ1n) is 8.93. The zero-order chi connectivity index (χ0) is 19.1. The van der Waals surface area contributed by atoms with E-state index in [1.165, 1.54) is 0 Å².